The first-order valence-corrected chi connectivity index (χ1v) is 9.47. The Morgan fingerprint density at radius 2 is 1.83 bits per heavy atom. The van der Waals surface area contributed by atoms with Crippen molar-refractivity contribution in [2.24, 2.45) is 0 Å². The second-order valence-electron chi connectivity index (χ2n) is 5.87. The minimum Gasteiger partial charge on any atom is -0.349 e. The molecular formula is C15H20N2O5S. The highest BCUT2D eigenvalue weighted by Crippen LogP contribution is 2.25. The summed E-state index contributed by atoms with van der Waals surface area (Å²) >= 11 is 0. The number of nitro benzene ring substituents is 1. The van der Waals surface area contributed by atoms with Gasteiger partial charge in [0.25, 0.3) is 11.6 Å². The molecule has 1 fully saturated rings. The monoisotopic (exact) mass is 340 g/mol. The van der Waals surface area contributed by atoms with Crippen LogP contribution < -0.4 is 5.32 Å². The molecule has 0 saturated heterocycles. The Kier molecular flexibility index (Phi) is 5.35. The van der Waals surface area contributed by atoms with Crippen molar-refractivity contribution in [2.45, 2.75) is 49.5 Å². The molecule has 0 aromatic heterocycles. The molecule has 1 amide bonds. The fraction of sp³-hybridized carbons (Fsp3) is 0.533. The summed E-state index contributed by atoms with van der Waals surface area (Å²) in [5.74, 6) is -0.403. The minimum atomic E-state index is -3.73. The normalized spacial score (nSPS) is 16.6. The number of hydrogen-bond donors (Lipinski definition) is 1. The van der Waals surface area contributed by atoms with E-state index in [1.165, 1.54) is 6.07 Å². The number of benzene rings is 1. The summed E-state index contributed by atoms with van der Waals surface area (Å²) in [5, 5.41) is 14.0. The van der Waals surface area contributed by atoms with E-state index >= 15 is 0 Å². The highest BCUT2D eigenvalue weighted by atomic mass is 32.2. The van der Waals surface area contributed by atoms with Crippen LogP contribution in [0.4, 0.5) is 5.69 Å². The van der Waals surface area contributed by atoms with Crippen molar-refractivity contribution in [1.82, 2.24) is 5.32 Å². The third-order valence-corrected chi connectivity index (χ3v) is 5.15. The Morgan fingerprint density at radius 3 is 2.35 bits per heavy atom. The van der Waals surface area contributed by atoms with Gasteiger partial charge in [-0.05, 0) is 25.0 Å². The van der Waals surface area contributed by atoms with Crippen LogP contribution in [0.25, 0.3) is 0 Å². The highest BCUT2D eigenvalue weighted by Gasteiger charge is 2.24. The topological polar surface area (TPSA) is 106 Å². The molecule has 0 spiro atoms. The standard InChI is InChI=1S/C15H20N2O5S/c1-23(21,22)14-9-8-11(10-13(14)17(19)20)15(18)16-12-6-4-2-3-5-7-12/h8-10,12H,2-7H2,1H3,(H,16,18). The van der Waals surface area contributed by atoms with Crippen molar-refractivity contribution in [3.63, 3.8) is 0 Å². The van der Waals surface area contributed by atoms with Crippen molar-refractivity contribution < 1.29 is 18.1 Å². The molecule has 0 radical (unpaired) electrons. The summed E-state index contributed by atoms with van der Waals surface area (Å²) in [6.07, 6.45) is 7.11. The maximum atomic E-state index is 12.3. The van der Waals surface area contributed by atoms with Gasteiger partial charge in [-0.3, -0.25) is 14.9 Å². The van der Waals surface area contributed by atoms with Gasteiger partial charge in [-0.15, -0.1) is 0 Å². The van der Waals surface area contributed by atoms with Gasteiger partial charge in [0.15, 0.2) is 9.84 Å². The lowest BCUT2D eigenvalue weighted by Gasteiger charge is -2.16. The molecule has 0 atom stereocenters. The Labute approximate surface area is 135 Å². The van der Waals surface area contributed by atoms with Gasteiger partial charge in [0.2, 0.25) is 0 Å². The van der Waals surface area contributed by atoms with E-state index in [1.807, 2.05) is 0 Å². The molecule has 1 saturated carbocycles. The zero-order valence-electron chi connectivity index (χ0n) is 12.9. The maximum Gasteiger partial charge on any atom is 0.288 e. The second-order valence-corrected chi connectivity index (χ2v) is 7.86. The van der Waals surface area contributed by atoms with Crippen molar-refractivity contribution in [2.75, 3.05) is 6.26 Å². The van der Waals surface area contributed by atoms with Gasteiger partial charge < -0.3 is 5.32 Å². The van der Waals surface area contributed by atoms with E-state index in [1.54, 1.807) is 0 Å². The molecule has 1 aromatic rings. The van der Waals surface area contributed by atoms with Crippen LogP contribution in [0, 0.1) is 10.1 Å². The van der Waals surface area contributed by atoms with Gasteiger partial charge in [-0.2, -0.15) is 0 Å². The number of hydrogen-bond acceptors (Lipinski definition) is 5. The largest absolute Gasteiger partial charge is 0.349 e. The lowest BCUT2D eigenvalue weighted by molar-refractivity contribution is -0.387. The van der Waals surface area contributed by atoms with Crippen LogP contribution in [0.1, 0.15) is 48.9 Å². The number of carbonyl (C=O) groups is 1. The van der Waals surface area contributed by atoms with Gasteiger partial charge >= 0.3 is 0 Å². The summed E-state index contributed by atoms with van der Waals surface area (Å²) < 4.78 is 23.2. The Morgan fingerprint density at radius 1 is 1.22 bits per heavy atom. The molecule has 0 bridgehead atoms. The van der Waals surface area contributed by atoms with E-state index in [0.29, 0.717) is 0 Å². The first-order valence-electron chi connectivity index (χ1n) is 7.58. The van der Waals surface area contributed by atoms with Crippen LogP contribution in [0.2, 0.25) is 0 Å². The van der Waals surface area contributed by atoms with Gasteiger partial charge in [0.1, 0.15) is 4.90 Å². The first kappa shape index (κ1) is 17.4. The molecule has 0 unspecified atom stereocenters. The summed E-state index contributed by atoms with van der Waals surface area (Å²) in [6, 6.07) is 3.53. The van der Waals surface area contributed by atoms with Crippen LogP contribution in [0.15, 0.2) is 23.1 Å². The maximum absolute atomic E-state index is 12.3. The van der Waals surface area contributed by atoms with Crippen LogP contribution in [-0.2, 0) is 9.84 Å². The first-order chi connectivity index (χ1) is 10.8. The molecule has 1 aromatic carbocycles. The molecule has 1 aliphatic carbocycles. The third kappa shape index (κ3) is 4.51. The summed E-state index contributed by atoms with van der Waals surface area (Å²) in [6.45, 7) is 0. The van der Waals surface area contributed by atoms with Gasteiger partial charge in [0, 0.05) is 23.9 Å². The minimum absolute atomic E-state index is 0.0682. The number of rotatable bonds is 4. The van der Waals surface area contributed by atoms with Crippen molar-refractivity contribution in [3.05, 3.63) is 33.9 Å². The van der Waals surface area contributed by atoms with Crippen molar-refractivity contribution in [3.8, 4) is 0 Å². The molecule has 1 aliphatic rings. The van der Waals surface area contributed by atoms with Gasteiger partial charge in [-0.1, -0.05) is 25.7 Å². The quantitative estimate of drug-likeness (QED) is 0.515. The summed E-state index contributed by atoms with van der Waals surface area (Å²) in [7, 11) is -3.73. The molecule has 2 rings (SSSR count). The average molecular weight is 340 g/mol. The zero-order valence-corrected chi connectivity index (χ0v) is 13.8. The van der Waals surface area contributed by atoms with E-state index in [0.717, 1.165) is 56.9 Å². The van der Waals surface area contributed by atoms with Crippen LogP contribution in [0.3, 0.4) is 0 Å². The molecule has 0 heterocycles. The molecular weight excluding hydrogens is 320 g/mol. The Balaban J connectivity index is 2.24. The van der Waals surface area contributed by atoms with E-state index in [9.17, 15) is 23.3 Å². The molecule has 8 heteroatoms. The van der Waals surface area contributed by atoms with Crippen LogP contribution in [0.5, 0.6) is 0 Å². The number of nitrogens with one attached hydrogen (secondary N) is 1. The molecule has 23 heavy (non-hydrogen) atoms. The van der Waals surface area contributed by atoms with Crippen molar-refractivity contribution in [1.29, 1.82) is 0 Å². The second kappa shape index (κ2) is 7.08. The smallest absolute Gasteiger partial charge is 0.288 e. The molecule has 1 N–H and O–H groups in total. The lowest BCUT2D eigenvalue weighted by atomic mass is 10.1. The average Bonchev–Trinajstić information content (AvgIpc) is 2.74. The molecule has 126 valence electrons. The van der Waals surface area contributed by atoms with E-state index < -0.39 is 26.4 Å². The van der Waals surface area contributed by atoms with Crippen LogP contribution >= 0.6 is 0 Å². The van der Waals surface area contributed by atoms with E-state index in [-0.39, 0.29) is 16.5 Å². The molecule has 0 aliphatic heterocycles. The Hall–Kier alpha value is -1.96. The SMILES string of the molecule is CS(=O)(=O)c1ccc(C(=O)NC2CCCCCC2)cc1[N+](=O)[O-]. The predicted molar refractivity (Wildman–Crippen MR) is 85.2 cm³/mol. The predicted octanol–water partition coefficient (Wildman–Crippen LogP) is 2.45. The lowest BCUT2D eigenvalue weighted by Crippen LogP contribution is -2.34. The third-order valence-electron chi connectivity index (χ3n) is 4.01. The van der Waals surface area contributed by atoms with Crippen molar-refractivity contribution >= 4 is 21.4 Å². The van der Waals surface area contributed by atoms with Gasteiger partial charge in [0.05, 0.1) is 4.92 Å². The molecule has 7 nitrogen and oxygen atoms in total. The van der Waals surface area contributed by atoms with E-state index in [2.05, 4.69) is 5.32 Å². The van der Waals surface area contributed by atoms with E-state index in [4.69, 9.17) is 0 Å². The summed E-state index contributed by atoms with van der Waals surface area (Å²) in [4.78, 5) is 22.2. The highest BCUT2D eigenvalue weighted by molar-refractivity contribution is 7.90. The number of nitro groups is 1. The number of carbonyl (C=O) groups excluding carboxylic acids is 1. The van der Waals surface area contributed by atoms with Crippen LogP contribution in [-0.4, -0.2) is 31.5 Å². The number of amides is 1. The van der Waals surface area contributed by atoms with Gasteiger partial charge in [-0.25, -0.2) is 8.42 Å². The summed E-state index contributed by atoms with van der Waals surface area (Å²) in [5.41, 5.74) is -0.464. The Bertz CT molecular complexity index is 707. The number of nitrogens with zero attached hydrogens (tertiary/aromatic N) is 1. The number of sulfone groups is 1. The zero-order chi connectivity index (χ0) is 17.0. The fourth-order valence-corrected chi connectivity index (χ4v) is 3.64. The fourth-order valence-electron chi connectivity index (χ4n) is 2.81.